The summed E-state index contributed by atoms with van der Waals surface area (Å²) in [6.45, 7) is 2.79. The van der Waals surface area contributed by atoms with Gasteiger partial charge in [-0.05, 0) is 44.9 Å². The number of rotatable bonds is 54. The number of aliphatic hydroxyl groups excluding tert-OH is 10. The van der Waals surface area contributed by atoms with Crippen LogP contribution in [0.4, 0.5) is 0 Å². The number of esters is 2. The molecule has 0 bridgehead atoms. The lowest BCUT2D eigenvalue weighted by atomic mass is 9.98. The molecule has 0 aromatic rings. The number of hydrogen-bond donors (Lipinski definition) is 12. The molecule has 0 aliphatic carbocycles. The summed E-state index contributed by atoms with van der Waals surface area (Å²) in [5.74, 6) is -2.44. The Morgan fingerprint density at radius 2 is 0.872 bits per heavy atom. The first kappa shape index (κ1) is 86.2. The van der Waals surface area contributed by atoms with Crippen LogP contribution < -0.4 is 0 Å². The summed E-state index contributed by atoms with van der Waals surface area (Å²) in [6.07, 6.45) is 5.52. The molecule has 3 rings (SSSR count). The van der Waals surface area contributed by atoms with Gasteiger partial charge in [-0.25, -0.2) is 9.13 Å². The molecule has 0 spiro atoms. The zero-order valence-electron chi connectivity index (χ0n) is 56.0. The first-order valence-electron chi connectivity index (χ1n) is 34.4. The molecular formula is C64H118O28P2. The third-order valence-corrected chi connectivity index (χ3v) is 18.3. The lowest BCUT2D eigenvalue weighted by Gasteiger charge is -2.47. The Hall–Kier alpha value is -2.00. The van der Waals surface area contributed by atoms with Crippen molar-refractivity contribution in [2.45, 2.75) is 306 Å². The molecule has 3 aliphatic rings. The number of unbranched alkanes of at least 4 members (excludes halogenated alkanes) is 22. The van der Waals surface area contributed by atoms with E-state index in [1.807, 2.05) is 0 Å². The number of aliphatic hydroxyl groups is 10. The highest BCUT2D eigenvalue weighted by Crippen LogP contribution is 2.46. The van der Waals surface area contributed by atoms with Crippen LogP contribution in [0.5, 0.6) is 0 Å². The molecule has 0 radical (unpaired) electrons. The standard InChI is InChI=1S/C64H118O28P2/c1-5-7-9-11-13-15-17-19-21-23-25-27-29-31-33-35-50(67)81-42-47(87-51(68)36-34-32-30-28-26-24-22-20-18-16-14-12-10-8-6-2)43-82-64-60(56(73)52(69)48(38-66)88-64)90-62-58(75)55(72)59(76)63(92-62)91-61-57(74)54(71)53(70)49(89-61)44-86-94(79,80)85-41-46(4)40-84-93(77,78)83-39-45(3)37-65/h15,17,21,23,45-49,52-66,69-76H,5-14,16,18-20,22,24-44H2,1-4H3,(H,77,78)(H,79,80)/b17-15-,23-21-/t45-,46-,47+,48?,49?,52+,53-,54?,55?,56-,57+,58+,59+,60?,61+,62+,63?,64+/m0/s1. The monoisotopic (exact) mass is 1400 g/mol. The highest BCUT2D eigenvalue weighted by atomic mass is 31.2. The van der Waals surface area contributed by atoms with Gasteiger partial charge in [0.2, 0.25) is 0 Å². The van der Waals surface area contributed by atoms with Crippen LogP contribution in [0.25, 0.3) is 0 Å². The summed E-state index contributed by atoms with van der Waals surface area (Å²) < 4.78 is 90.5. The third kappa shape index (κ3) is 35.4. The van der Waals surface area contributed by atoms with Crippen LogP contribution >= 0.6 is 15.6 Å². The van der Waals surface area contributed by atoms with Crippen LogP contribution in [-0.4, -0.2) is 224 Å². The Bertz CT molecular complexity index is 2130. The fourth-order valence-electron chi connectivity index (χ4n) is 10.4. The quantitative estimate of drug-likeness (QED) is 0.0134. The Kier molecular flexibility index (Phi) is 45.4. The van der Waals surface area contributed by atoms with Crippen LogP contribution in [0.1, 0.15) is 207 Å². The van der Waals surface area contributed by atoms with Gasteiger partial charge >= 0.3 is 27.6 Å². The van der Waals surface area contributed by atoms with Crippen molar-refractivity contribution in [3.63, 3.8) is 0 Å². The van der Waals surface area contributed by atoms with Crippen molar-refractivity contribution in [2.75, 3.05) is 52.9 Å². The van der Waals surface area contributed by atoms with E-state index >= 15 is 0 Å². The van der Waals surface area contributed by atoms with Gasteiger partial charge in [0.1, 0.15) is 73.8 Å². The van der Waals surface area contributed by atoms with Crippen LogP contribution in [0.15, 0.2) is 24.3 Å². The van der Waals surface area contributed by atoms with Gasteiger partial charge in [-0.15, -0.1) is 0 Å². The third-order valence-electron chi connectivity index (χ3n) is 16.3. The molecule has 3 fully saturated rings. The summed E-state index contributed by atoms with van der Waals surface area (Å²) in [5.41, 5.74) is 0. The molecule has 28 nitrogen and oxygen atoms in total. The molecule has 3 saturated heterocycles. The second-order valence-corrected chi connectivity index (χ2v) is 28.0. The average molecular weight is 1400 g/mol. The molecule has 3 heterocycles. The number of carbonyl (C=O) groups excluding carboxylic acids is 2. The van der Waals surface area contributed by atoms with Gasteiger partial charge in [-0.2, -0.15) is 0 Å². The predicted octanol–water partition coefficient (Wildman–Crippen LogP) is 6.48. The average Bonchev–Trinajstić information content (AvgIpc) is 0.791. The molecule has 3 aliphatic heterocycles. The number of carbonyl (C=O) groups is 2. The minimum atomic E-state index is -5.03. The molecule has 0 saturated carbocycles. The minimum Gasteiger partial charge on any atom is -0.462 e. The van der Waals surface area contributed by atoms with E-state index in [2.05, 4.69) is 38.2 Å². The van der Waals surface area contributed by atoms with E-state index in [0.717, 1.165) is 70.6 Å². The summed E-state index contributed by atoms with van der Waals surface area (Å²) in [4.78, 5) is 46.7. The van der Waals surface area contributed by atoms with Gasteiger partial charge in [-0.1, -0.05) is 174 Å². The Balaban J connectivity index is 1.65. The van der Waals surface area contributed by atoms with Crippen LogP contribution in [0.3, 0.4) is 0 Å². The summed E-state index contributed by atoms with van der Waals surface area (Å²) in [5, 5.41) is 107. The molecule has 20 atom stereocenters. The van der Waals surface area contributed by atoms with Crippen molar-refractivity contribution in [1.29, 1.82) is 0 Å². The van der Waals surface area contributed by atoms with Crippen molar-refractivity contribution < 1.29 is 136 Å². The molecule has 552 valence electrons. The number of ether oxygens (including phenoxy) is 8. The lowest BCUT2D eigenvalue weighted by molar-refractivity contribution is -0.416. The van der Waals surface area contributed by atoms with E-state index in [-0.39, 0.29) is 26.1 Å². The lowest BCUT2D eigenvalue weighted by Crippen LogP contribution is -2.66. The van der Waals surface area contributed by atoms with Crippen LogP contribution in [0, 0.1) is 11.8 Å². The molecule has 30 heteroatoms. The van der Waals surface area contributed by atoms with Gasteiger partial charge in [0.05, 0.1) is 39.6 Å². The van der Waals surface area contributed by atoms with Gasteiger partial charge < -0.3 is 98.7 Å². The maximum atomic E-state index is 13.4. The largest absolute Gasteiger partial charge is 0.472 e. The van der Waals surface area contributed by atoms with E-state index in [9.17, 15) is 74.5 Å². The van der Waals surface area contributed by atoms with E-state index in [1.165, 1.54) is 90.4 Å². The van der Waals surface area contributed by atoms with Crippen LogP contribution in [0.2, 0.25) is 0 Å². The smallest absolute Gasteiger partial charge is 0.462 e. The predicted molar refractivity (Wildman–Crippen MR) is 342 cm³/mol. The molecule has 0 aromatic carbocycles. The highest BCUT2D eigenvalue weighted by Gasteiger charge is 2.54. The normalized spacial score (nSPS) is 29.1. The maximum Gasteiger partial charge on any atom is 0.472 e. The molecule has 8 unspecified atom stereocenters. The summed E-state index contributed by atoms with van der Waals surface area (Å²) in [6, 6.07) is 0. The minimum absolute atomic E-state index is 0.0451. The van der Waals surface area contributed by atoms with E-state index in [1.54, 1.807) is 6.92 Å². The van der Waals surface area contributed by atoms with Gasteiger partial charge in [-0.3, -0.25) is 27.7 Å². The fourth-order valence-corrected chi connectivity index (χ4v) is 12.2. The van der Waals surface area contributed by atoms with Crippen molar-refractivity contribution in [1.82, 2.24) is 0 Å². The van der Waals surface area contributed by atoms with Gasteiger partial charge in [0.25, 0.3) is 0 Å². The summed E-state index contributed by atoms with van der Waals surface area (Å²) >= 11 is 0. The zero-order chi connectivity index (χ0) is 69.3. The SMILES string of the molecule is CCCCCC/C=C\C/C=C\CCCCCCC(=O)OC[C@H](CO[C@@H]1OC(CO)[C@@H](O)[C@H](O)C1O[C@@H]1OC(O[C@H]2OC(COP(=O)(O)OC[C@@H](C)COP(=O)(O)OC[C@@H](C)CO)[C@H](O)C(O)[C@H]2O)[C@H](O)C(O)[C@H]1O)OC(=O)CCCCCCCCCCCCCCCCC. The first-order chi connectivity index (χ1) is 45.0. The first-order valence-corrected chi connectivity index (χ1v) is 37.4. The van der Waals surface area contributed by atoms with Crippen molar-refractivity contribution in [2.24, 2.45) is 11.8 Å². The Labute approximate surface area is 556 Å². The van der Waals surface area contributed by atoms with E-state index in [0.29, 0.717) is 12.8 Å². The van der Waals surface area contributed by atoms with E-state index in [4.69, 9.17) is 61.1 Å². The second-order valence-electron chi connectivity index (χ2n) is 25.1. The van der Waals surface area contributed by atoms with Gasteiger partial charge in [0, 0.05) is 31.3 Å². The van der Waals surface area contributed by atoms with E-state index < -0.39 is 177 Å². The molecule has 94 heavy (non-hydrogen) atoms. The molecular weight excluding hydrogens is 1280 g/mol. The van der Waals surface area contributed by atoms with Crippen LogP contribution in [-0.2, 0) is 74.7 Å². The van der Waals surface area contributed by atoms with Gasteiger partial charge in [0.15, 0.2) is 31.3 Å². The number of allylic oxidation sites excluding steroid dienone is 4. The maximum absolute atomic E-state index is 13.4. The Morgan fingerprint density at radius 3 is 1.39 bits per heavy atom. The second kappa shape index (κ2) is 49.5. The summed E-state index contributed by atoms with van der Waals surface area (Å²) in [7, 11) is -9.59. The van der Waals surface area contributed by atoms with Crippen molar-refractivity contribution >= 4 is 27.6 Å². The number of hydrogen-bond acceptors (Lipinski definition) is 26. The highest BCUT2D eigenvalue weighted by molar-refractivity contribution is 7.47. The van der Waals surface area contributed by atoms with Crippen molar-refractivity contribution in [3.05, 3.63) is 24.3 Å². The number of phosphoric ester groups is 2. The zero-order valence-corrected chi connectivity index (χ0v) is 57.7. The molecule has 12 N–H and O–H groups in total. The molecule has 0 amide bonds. The topological polar surface area (TPSA) is 422 Å². The Morgan fingerprint density at radius 1 is 0.447 bits per heavy atom. The fraction of sp³-hybridized carbons (Fsp3) is 0.906. The number of phosphoric acid groups is 2. The van der Waals surface area contributed by atoms with Crippen molar-refractivity contribution in [3.8, 4) is 0 Å². The molecule has 0 aromatic heterocycles.